The third-order valence-corrected chi connectivity index (χ3v) is 2.69. The molecule has 0 saturated carbocycles. The van der Waals surface area contributed by atoms with Crippen LogP contribution in [-0.4, -0.2) is 30.2 Å². The number of non-ortho nitro benzene ring substituents is 1. The number of hydrogen-bond donors (Lipinski definition) is 1. The summed E-state index contributed by atoms with van der Waals surface area (Å²) in [6.45, 7) is 0.499. The van der Waals surface area contributed by atoms with E-state index in [1.165, 1.54) is 16.8 Å². The molecule has 0 saturated heterocycles. The number of anilines is 1. The van der Waals surface area contributed by atoms with Crippen molar-refractivity contribution in [2.24, 2.45) is 0 Å². The summed E-state index contributed by atoms with van der Waals surface area (Å²) in [5, 5.41) is 28.7. The number of hydrogen-bond acceptors (Lipinski definition) is 7. The second-order valence-corrected chi connectivity index (χ2v) is 4.02. The van der Waals surface area contributed by atoms with E-state index in [2.05, 4.69) is 25.9 Å². The summed E-state index contributed by atoms with van der Waals surface area (Å²) in [6.07, 6.45) is 0. The zero-order valence-corrected chi connectivity index (χ0v) is 10.2. The number of aromatic nitrogens is 5. The Morgan fingerprint density at radius 1 is 1.20 bits per heavy atom. The molecule has 0 fully saturated rings. The first-order chi connectivity index (χ1) is 9.72. The van der Waals surface area contributed by atoms with Crippen LogP contribution in [0, 0.1) is 10.1 Å². The molecule has 0 aliphatic heterocycles. The number of nitro groups is 1. The third kappa shape index (κ3) is 2.36. The van der Waals surface area contributed by atoms with Gasteiger partial charge in [-0.05, 0) is 28.1 Å². The molecule has 0 unspecified atom stereocenters. The van der Waals surface area contributed by atoms with Crippen LogP contribution in [0.5, 0.6) is 0 Å². The summed E-state index contributed by atoms with van der Waals surface area (Å²) >= 11 is 0. The fourth-order valence-corrected chi connectivity index (χ4v) is 1.67. The van der Waals surface area contributed by atoms with Gasteiger partial charge in [0.05, 0.1) is 4.92 Å². The van der Waals surface area contributed by atoms with E-state index in [4.69, 9.17) is 0 Å². The summed E-state index contributed by atoms with van der Waals surface area (Å²) in [5.74, 6) is 0.614. The molecule has 0 aliphatic rings. The fraction of sp³-hybridized carbons (Fsp3) is 0.0909. The molecule has 9 nitrogen and oxygen atoms in total. The highest BCUT2D eigenvalue weighted by molar-refractivity contribution is 5.43. The summed E-state index contributed by atoms with van der Waals surface area (Å²) < 4.78 is 1.32. The lowest BCUT2D eigenvalue weighted by molar-refractivity contribution is -0.384. The highest BCUT2D eigenvalue weighted by atomic mass is 16.6. The van der Waals surface area contributed by atoms with Crippen LogP contribution in [0.15, 0.2) is 36.4 Å². The van der Waals surface area contributed by atoms with E-state index in [-0.39, 0.29) is 5.69 Å². The van der Waals surface area contributed by atoms with Crippen molar-refractivity contribution < 1.29 is 4.92 Å². The molecule has 2 aromatic heterocycles. The van der Waals surface area contributed by atoms with E-state index in [1.54, 1.807) is 24.3 Å². The smallest absolute Gasteiger partial charge is 0.269 e. The van der Waals surface area contributed by atoms with Crippen LogP contribution in [0.4, 0.5) is 11.5 Å². The van der Waals surface area contributed by atoms with Gasteiger partial charge in [0.1, 0.15) is 5.82 Å². The second-order valence-electron chi connectivity index (χ2n) is 4.02. The fourth-order valence-electron chi connectivity index (χ4n) is 1.67. The molecule has 0 amide bonds. The van der Waals surface area contributed by atoms with Crippen LogP contribution in [0.2, 0.25) is 0 Å². The first-order valence-electron chi connectivity index (χ1n) is 5.75. The van der Waals surface area contributed by atoms with Crippen LogP contribution < -0.4 is 5.32 Å². The van der Waals surface area contributed by atoms with Gasteiger partial charge in [-0.3, -0.25) is 10.1 Å². The van der Waals surface area contributed by atoms with Crippen molar-refractivity contribution in [2.75, 3.05) is 5.32 Å². The molecule has 2 heterocycles. The van der Waals surface area contributed by atoms with Gasteiger partial charge in [-0.2, -0.15) is 0 Å². The molecular weight excluding hydrogens is 262 g/mol. The molecule has 20 heavy (non-hydrogen) atoms. The molecule has 3 aromatic rings. The first kappa shape index (κ1) is 12.0. The number of nitrogens with zero attached hydrogens (tertiary/aromatic N) is 6. The molecule has 0 bridgehead atoms. The Morgan fingerprint density at radius 3 is 2.75 bits per heavy atom. The molecule has 3 rings (SSSR count). The molecule has 0 aliphatic carbocycles. The number of rotatable bonds is 4. The standard InChI is InChI=1S/C11H9N7O2/c19-18(20)9-3-1-8(2-4-9)7-12-10-5-6-11-13-15-16-17(11)14-10/h1-6H,7H2,(H,12,14). The van der Waals surface area contributed by atoms with Gasteiger partial charge in [0.25, 0.3) is 5.69 Å². The Hall–Kier alpha value is -3.10. The van der Waals surface area contributed by atoms with Crippen molar-refractivity contribution in [1.82, 2.24) is 25.3 Å². The van der Waals surface area contributed by atoms with E-state index in [9.17, 15) is 10.1 Å². The van der Waals surface area contributed by atoms with Gasteiger partial charge in [0.2, 0.25) is 0 Å². The van der Waals surface area contributed by atoms with Crippen molar-refractivity contribution in [3.8, 4) is 0 Å². The number of benzene rings is 1. The third-order valence-electron chi connectivity index (χ3n) is 2.69. The van der Waals surface area contributed by atoms with Crippen LogP contribution in [0.1, 0.15) is 5.56 Å². The molecular formula is C11H9N7O2. The van der Waals surface area contributed by atoms with Gasteiger partial charge >= 0.3 is 0 Å². The maximum Gasteiger partial charge on any atom is 0.269 e. The minimum Gasteiger partial charge on any atom is -0.365 e. The normalized spacial score (nSPS) is 10.6. The van der Waals surface area contributed by atoms with Crippen LogP contribution in [0.3, 0.4) is 0 Å². The van der Waals surface area contributed by atoms with E-state index in [0.29, 0.717) is 18.0 Å². The van der Waals surface area contributed by atoms with E-state index in [0.717, 1.165) is 5.56 Å². The van der Waals surface area contributed by atoms with Gasteiger partial charge in [0.15, 0.2) is 5.65 Å². The summed E-state index contributed by atoms with van der Waals surface area (Å²) in [6, 6.07) is 9.83. The Bertz CT molecular complexity index is 753. The Morgan fingerprint density at radius 2 is 2.00 bits per heavy atom. The van der Waals surface area contributed by atoms with Crippen LogP contribution in [0.25, 0.3) is 5.65 Å². The average Bonchev–Trinajstić information content (AvgIpc) is 2.93. The van der Waals surface area contributed by atoms with Gasteiger partial charge in [-0.25, -0.2) is 0 Å². The van der Waals surface area contributed by atoms with E-state index >= 15 is 0 Å². The highest BCUT2D eigenvalue weighted by Crippen LogP contribution is 2.13. The lowest BCUT2D eigenvalue weighted by Crippen LogP contribution is -2.04. The maximum absolute atomic E-state index is 10.5. The molecule has 1 N–H and O–H groups in total. The Kier molecular flexibility index (Phi) is 2.92. The van der Waals surface area contributed by atoms with Crippen molar-refractivity contribution in [3.63, 3.8) is 0 Å². The predicted octanol–water partition coefficient (Wildman–Crippen LogP) is 1.04. The summed E-state index contributed by atoms with van der Waals surface area (Å²) in [7, 11) is 0. The lowest BCUT2D eigenvalue weighted by atomic mass is 10.2. The molecule has 9 heteroatoms. The van der Waals surface area contributed by atoms with Gasteiger partial charge in [-0.15, -0.1) is 14.8 Å². The van der Waals surface area contributed by atoms with Crippen molar-refractivity contribution in [2.45, 2.75) is 6.54 Å². The van der Waals surface area contributed by atoms with E-state index in [1.807, 2.05) is 0 Å². The number of fused-ring (bicyclic) bond motifs is 1. The highest BCUT2D eigenvalue weighted by Gasteiger charge is 2.04. The topological polar surface area (TPSA) is 111 Å². The zero-order chi connectivity index (χ0) is 13.9. The number of nitrogens with one attached hydrogen (secondary N) is 1. The van der Waals surface area contributed by atoms with Crippen LogP contribution in [-0.2, 0) is 6.54 Å². The Labute approximate surface area is 112 Å². The van der Waals surface area contributed by atoms with Crippen molar-refractivity contribution in [3.05, 3.63) is 52.1 Å². The van der Waals surface area contributed by atoms with Gasteiger partial charge in [-0.1, -0.05) is 12.1 Å². The summed E-state index contributed by atoms with van der Waals surface area (Å²) in [4.78, 5) is 10.1. The van der Waals surface area contributed by atoms with Crippen molar-refractivity contribution >= 4 is 17.2 Å². The minimum absolute atomic E-state index is 0.0713. The minimum atomic E-state index is -0.426. The molecule has 0 radical (unpaired) electrons. The SMILES string of the molecule is O=[N+]([O-])c1ccc(CNc2ccc3nnnn3n2)cc1. The number of nitro benzene ring substituents is 1. The largest absolute Gasteiger partial charge is 0.365 e. The molecule has 100 valence electrons. The van der Waals surface area contributed by atoms with Crippen LogP contribution >= 0.6 is 0 Å². The summed E-state index contributed by atoms with van der Waals surface area (Å²) in [5.41, 5.74) is 1.54. The molecule has 0 spiro atoms. The van der Waals surface area contributed by atoms with Gasteiger partial charge in [0, 0.05) is 18.7 Å². The monoisotopic (exact) mass is 271 g/mol. The Balaban J connectivity index is 1.70. The predicted molar refractivity (Wildman–Crippen MR) is 69.0 cm³/mol. The molecule has 0 atom stereocenters. The first-order valence-corrected chi connectivity index (χ1v) is 5.75. The average molecular weight is 271 g/mol. The van der Waals surface area contributed by atoms with Crippen molar-refractivity contribution in [1.29, 1.82) is 0 Å². The van der Waals surface area contributed by atoms with Gasteiger partial charge < -0.3 is 5.32 Å². The molecule has 1 aromatic carbocycles. The second kappa shape index (κ2) is 4.88. The quantitative estimate of drug-likeness (QED) is 0.557. The maximum atomic E-state index is 10.5. The number of tetrazole rings is 1. The zero-order valence-electron chi connectivity index (χ0n) is 10.2. The van der Waals surface area contributed by atoms with E-state index < -0.39 is 4.92 Å². The lowest BCUT2D eigenvalue weighted by Gasteiger charge is -2.04.